The molecule has 1 saturated heterocycles. The fourth-order valence-electron chi connectivity index (χ4n) is 4.10. The first-order valence-corrected chi connectivity index (χ1v) is 9.03. The lowest BCUT2D eigenvalue weighted by Gasteiger charge is -2.26. The summed E-state index contributed by atoms with van der Waals surface area (Å²) in [6, 6.07) is 0. The molecule has 2 atom stereocenters. The number of carbonyl (C=O) groups excluding carboxylic acids is 1. The Labute approximate surface area is 136 Å². The highest BCUT2D eigenvalue weighted by Crippen LogP contribution is 2.39. The summed E-state index contributed by atoms with van der Waals surface area (Å²) >= 11 is 0. The number of amides is 1. The fourth-order valence-corrected chi connectivity index (χ4v) is 4.10. The van der Waals surface area contributed by atoms with Crippen molar-refractivity contribution in [1.29, 1.82) is 0 Å². The maximum Gasteiger partial charge on any atom is 0.225 e. The molecule has 5 nitrogen and oxygen atoms in total. The number of alkyl halides is 1. The predicted octanol–water partition coefficient (Wildman–Crippen LogP) is 2.77. The third kappa shape index (κ3) is 3.00. The van der Waals surface area contributed by atoms with Crippen LogP contribution < -0.4 is 0 Å². The molecule has 1 aromatic heterocycles. The smallest absolute Gasteiger partial charge is 0.225 e. The highest BCUT2D eigenvalue weighted by atomic mass is 19.1. The highest BCUT2D eigenvalue weighted by molar-refractivity contribution is 5.79. The van der Waals surface area contributed by atoms with Crippen molar-refractivity contribution in [3.8, 4) is 0 Å². The lowest BCUT2D eigenvalue weighted by atomic mass is 9.88. The Morgan fingerprint density at radius 2 is 1.96 bits per heavy atom. The zero-order valence-electron chi connectivity index (χ0n) is 13.5. The normalized spacial score (nSPS) is 29.2. The SMILES string of the molecule is O=C(C1CCCCC1)N1C[C@@H](CF)[C@H](c2nc(C3CC3)n[nH]2)C1. The van der Waals surface area contributed by atoms with Gasteiger partial charge < -0.3 is 4.90 Å². The third-order valence-corrected chi connectivity index (χ3v) is 5.72. The van der Waals surface area contributed by atoms with E-state index < -0.39 is 6.67 Å². The number of H-pyrrole nitrogens is 1. The van der Waals surface area contributed by atoms with Crippen molar-refractivity contribution in [2.24, 2.45) is 11.8 Å². The number of aromatic amines is 1. The molecule has 2 saturated carbocycles. The fraction of sp³-hybridized carbons (Fsp3) is 0.824. The Bertz CT molecular complexity index is 565. The van der Waals surface area contributed by atoms with Crippen LogP contribution in [0, 0.1) is 11.8 Å². The Morgan fingerprint density at radius 3 is 2.65 bits per heavy atom. The van der Waals surface area contributed by atoms with E-state index in [9.17, 15) is 9.18 Å². The number of likely N-dealkylation sites (tertiary alicyclic amines) is 1. The minimum atomic E-state index is -0.404. The van der Waals surface area contributed by atoms with Crippen LogP contribution in [0.15, 0.2) is 0 Å². The molecule has 1 amide bonds. The van der Waals surface area contributed by atoms with Gasteiger partial charge in [0.25, 0.3) is 0 Å². The average molecular weight is 320 g/mol. The molecule has 3 fully saturated rings. The summed E-state index contributed by atoms with van der Waals surface area (Å²) in [5.74, 6) is 2.33. The van der Waals surface area contributed by atoms with Gasteiger partial charge in [-0.3, -0.25) is 14.3 Å². The van der Waals surface area contributed by atoms with Crippen molar-refractivity contribution in [3.05, 3.63) is 11.6 Å². The van der Waals surface area contributed by atoms with Crippen LogP contribution in [0.25, 0.3) is 0 Å². The van der Waals surface area contributed by atoms with Crippen LogP contribution in [0.5, 0.6) is 0 Å². The molecule has 1 aromatic rings. The molecule has 1 N–H and O–H groups in total. The van der Waals surface area contributed by atoms with Gasteiger partial charge in [0.05, 0.1) is 6.67 Å². The summed E-state index contributed by atoms with van der Waals surface area (Å²) in [6.45, 7) is 0.706. The largest absolute Gasteiger partial charge is 0.341 e. The van der Waals surface area contributed by atoms with Crippen LogP contribution in [-0.4, -0.2) is 45.8 Å². The summed E-state index contributed by atoms with van der Waals surface area (Å²) in [4.78, 5) is 19.2. The Hall–Kier alpha value is -1.46. The Kier molecular flexibility index (Phi) is 4.07. The van der Waals surface area contributed by atoms with Crippen molar-refractivity contribution in [3.63, 3.8) is 0 Å². The van der Waals surface area contributed by atoms with Crippen LogP contribution in [0.4, 0.5) is 4.39 Å². The van der Waals surface area contributed by atoms with Gasteiger partial charge in [-0.05, 0) is 25.7 Å². The lowest BCUT2D eigenvalue weighted by Crippen LogP contribution is -2.35. The second-order valence-corrected chi connectivity index (χ2v) is 7.45. The van der Waals surface area contributed by atoms with Crippen LogP contribution in [0.1, 0.15) is 68.4 Å². The molecule has 2 heterocycles. The van der Waals surface area contributed by atoms with E-state index in [0.29, 0.717) is 19.0 Å². The summed E-state index contributed by atoms with van der Waals surface area (Å²) in [5, 5.41) is 7.30. The van der Waals surface area contributed by atoms with Crippen molar-refractivity contribution < 1.29 is 9.18 Å². The molecule has 4 rings (SSSR count). The molecule has 1 aliphatic heterocycles. The van der Waals surface area contributed by atoms with Gasteiger partial charge in [0.2, 0.25) is 5.91 Å². The van der Waals surface area contributed by atoms with Gasteiger partial charge in [-0.2, -0.15) is 5.10 Å². The minimum Gasteiger partial charge on any atom is -0.341 e. The van der Waals surface area contributed by atoms with E-state index in [1.807, 2.05) is 4.90 Å². The Balaban J connectivity index is 1.46. The molecule has 2 aliphatic carbocycles. The van der Waals surface area contributed by atoms with E-state index in [4.69, 9.17) is 0 Å². The van der Waals surface area contributed by atoms with E-state index >= 15 is 0 Å². The second-order valence-electron chi connectivity index (χ2n) is 7.45. The predicted molar refractivity (Wildman–Crippen MR) is 83.7 cm³/mol. The first-order chi connectivity index (χ1) is 11.3. The van der Waals surface area contributed by atoms with E-state index in [1.165, 1.54) is 6.42 Å². The topological polar surface area (TPSA) is 61.9 Å². The summed E-state index contributed by atoms with van der Waals surface area (Å²) in [6.07, 6.45) is 7.83. The molecule has 0 aromatic carbocycles. The second kappa shape index (κ2) is 6.21. The number of rotatable bonds is 4. The van der Waals surface area contributed by atoms with Crippen molar-refractivity contribution in [2.75, 3.05) is 19.8 Å². The van der Waals surface area contributed by atoms with E-state index in [1.54, 1.807) is 0 Å². The summed E-state index contributed by atoms with van der Waals surface area (Å²) in [5.41, 5.74) is 0. The van der Waals surface area contributed by atoms with E-state index in [0.717, 1.165) is 50.2 Å². The maximum atomic E-state index is 13.5. The van der Waals surface area contributed by atoms with Crippen molar-refractivity contribution >= 4 is 5.91 Å². The molecule has 23 heavy (non-hydrogen) atoms. The summed E-state index contributed by atoms with van der Waals surface area (Å²) < 4.78 is 13.5. The highest BCUT2D eigenvalue weighted by Gasteiger charge is 2.40. The van der Waals surface area contributed by atoms with Crippen molar-refractivity contribution in [2.45, 2.75) is 56.8 Å². The molecular weight excluding hydrogens is 295 g/mol. The van der Waals surface area contributed by atoms with Gasteiger partial charge in [0, 0.05) is 36.8 Å². The summed E-state index contributed by atoms with van der Waals surface area (Å²) in [7, 11) is 0. The van der Waals surface area contributed by atoms with Crippen LogP contribution in [0.3, 0.4) is 0 Å². The third-order valence-electron chi connectivity index (χ3n) is 5.72. The number of aromatic nitrogens is 3. The first-order valence-electron chi connectivity index (χ1n) is 9.03. The van der Waals surface area contributed by atoms with Gasteiger partial charge in [-0.1, -0.05) is 19.3 Å². The molecule has 0 radical (unpaired) electrons. The molecule has 0 bridgehead atoms. The van der Waals surface area contributed by atoms with Crippen molar-refractivity contribution in [1.82, 2.24) is 20.1 Å². The number of nitrogens with zero attached hydrogens (tertiary/aromatic N) is 3. The monoisotopic (exact) mass is 320 g/mol. The maximum absolute atomic E-state index is 13.5. The quantitative estimate of drug-likeness (QED) is 0.928. The molecule has 3 aliphatic rings. The van der Waals surface area contributed by atoms with Gasteiger partial charge in [0.1, 0.15) is 5.82 Å². The molecule has 126 valence electrons. The van der Waals surface area contributed by atoms with Gasteiger partial charge >= 0.3 is 0 Å². The number of halogens is 1. The van der Waals surface area contributed by atoms with Gasteiger partial charge in [-0.25, -0.2) is 4.98 Å². The van der Waals surface area contributed by atoms with Gasteiger partial charge in [-0.15, -0.1) is 0 Å². The van der Waals surface area contributed by atoms with E-state index in [-0.39, 0.29) is 23.7 Å². The number of hydrogen-bond acceptors (Lipinski definition) is 3. The zero-order valence-corrected chi connectivity index (χ0v) is 13.5. The Morgan fingerprint density at radius 1 is 1.17 bits per heavy atom. The standard InChI is InChI=1S/C17H25FN4O/c18-8-13-9-22(17(23)12-4-2-1-3-5-12)10-14(13)16-19-15(20-21-16)11-6-7-11/h11-14H,1-10H2,(H,19,20,21)/t13-,14-/m1/s1. The van der Waals surface area contributed by atoms with Crippen LogP contribution in [0.2, 0.25) is 0 Å². The first kappa shape index (κ1) is 15.1. The minimum absolute atomic E-state index is 0.0347. The van der Waals surface area contributed by atoms with Crippen LogP contribution in [-0.2, 0) is 4.79 Å². The molecule has 0 spiro atoms. The van der Waals surface area contributed by atoms with E-state index in [2.05, 4.69) is 15.2 Å². The van der Waals surface area contributed by atoms with Crippen LogP contribution >= 0.6 is 0 Å². The number of nitrogens with one attached hydrogen (secondary N) is 1. The lowest BCUT2D eigenvalue weighted by molar-refractivity contribution is -0.135. The average Bonchev–Trinajstić information content (AvgIpc) is 3.17. The molecule has 6 heteroatoms. The zero-order chi connectivity index (χ0) is 15.8. The molecular formula is C17H25FN4O. The van der Waals surface area contributed by atoms with Gasteiger partial charge in [0.15, 0.2) is 5.82 Å². The molecule has 0 unspecified atom stereocenters. The number of hydrogen-bond donors (Lipinski definition) is 1. The number of carbonyl (C=O) groups is 1.